The number of fused-ring (bicyclic) bond motifs is 1. The number of aliphatic carboxylic acids is 2. The Bertz CT molecular complexity index is 1130. The molecular weight excluding hydrogens is 482 g/mol. The summed E-state index contributed by atoms with van der Waals surface area (Å²) in [6.45, 7) is 3.45. The first-order chi connectivity index (χ1) is 16.4. The van der Waals surface area contributed by atoms with Crippen LogP contribution in [0.15, 0.2) is 46.8 Å². The Balaban J connectivity index is 1.82. The number of carbonyl (C=O) groups excluding carboxylic acids is 3. The average molecular weight is 506 g/mol. The number of hydrogen-bond acceptors (Lipinski definition) is 9. The Morgan fingerprint density at radius 3 is 2.43 bits per heavy atom. The summed E-state index contributed by atoms with van der Waals surface area (Å²) in [5.41, 5.74) is -1.67. The van der Waals surface area contributed by atoms with Gasteiger partial charge in [-0.05, 0) is 13.8 Å². The maximum Gasteiger partial charge on any atom is 0.352 e. The summed E-state index contributed by atoms with van der Waals surface area (Å²) in [4.78, 5) is 66.3. The van der Waals surface area contributed by atoms with Crippen molar-refractivity contribution in [3.8, 4) is 0 Å². The molecule has 0 unspecified atom stereocenters. The van der Waals surface area contributed by atoms with Gasteiger partial charge in [-0.1, -0.05) is 35.5 Å². The third kappa shape index (κ3) is 5.45. The van der Waals surface area contributed by atoms with Crippen molar-refractivity contribution in [2.45, 2.75) is 37.8 Å². The Kier molecular flexibility index (Phi) is 7.48. The van der Waals surface area contributed by atoms with Crippen molar-refractivity contribution in [2.75, 3.05) is 12.4 Å². The van der Waals surface area contributed by atoms with Gasteiger partial charge in [-0.2, -0.15) is 0 Å². The van der Waals surface area contributed by atoms with Crippen molar-refractivity contribution in [3.63, 3.8) is 0 Å². The molecule has 35 heavy (non-hydrogen) atoms. The fourth-order valence-electron chi connectivity index (χ4n) is 3.21. The molecular formula is C22H23N3O9S. The van der Waals surface area contributed by atoms with Crippen molar-refractivity contribution >= 4 is 47.2 Å². The second-order valence-corrected chi connectivity index (χ2v) is 9.22. The smallest absolute Gasteiger partial charge is 0.352 e. The SMILES string of the molecule is CC(=O)OCC1=C(C(=O)O)N2C(=O)[C@@H](NC(=O)C(=NOC(C)(C)C(=O)O)c3ccccc3)[C@H]2SC1. The fourth-order valence-corrected chi connectivity index (χ4v) is 4.54. The quantitative estimate of drug-likeness (QED) is 0.186. The number of carboxylic acid groups (broad SMARTS) is 2. The summed E-state index contributed by atoms with van der Waals surface area (Å²) < 4.78 is 4.90. The molecule has 1 saturated heterocycles. The number of nitrogens with zero attached hydrogens (tertiary/aromatic N) is 2. The minimum absolute atomic E-state index is 0.172. The predicted octanol–water partition coefficient (Wildman–Crippen LogP) is 0.572. The number of rotatable bonds is 9. The summed E-state index contributed by atoms with van der Waals surface area (Å²) in [5.74, 6) is -4.53. The van der Waals surface area contributed by atoms with Crippen molar-refractivity contribution in [1.82, 2.24) is 10.2 Å². The molecule has 2 atom stereocenters. The molecule has 2 heterocycles. The van der Waals surface area contributed by atoms with Gasteiger partial charge in [-0.15, -0.1) is 11.8 Å². The molecule has 1 aromatic rings. The van der Waals surface area contributed by atoms with Crippen molar-refractivity contribution < 1.29 is 43.8 Å². The average Bonchev–Trinajstić information content (AvgIpc) is 2.80. The van der Waals surface area contributed by atoms with Gasteiger partial charge in [0.25, 0.3) is 11.8 Å². The zero-order chi connectivity index (χ0) is 25.9. The van der Waals surface area contributed by atoms with E-state index >= 15 is 0 Å². The van der Waals surface area contributed by atoms with Crippen LogP contribution < -0.4 is 5.32 Å². The van der Waals surface area contributed by atoms with E-state index in [0.717, 1.165) is 4.90 Å². The second kappa shape index (κ2) is 10.2. The topological polar surface area (TPSA) is 172 Å². The van der Waals surface area contributed by atoms with Gasteiger partial charge in [0.15, 0.2) is 5.71 Å². The molecule has 1 aromatic carbocycles. The number of ether oxygens (including phenoxy) is 1. The van der Waals surface area contributed by atoms with Crippen LogP contribution in [-0.4, -0.2) is 79.9 Å². The van der Waals surface area contributed by atoms with Crippen LogP contribution in [0.4, 0.5) is 0 Å². The van der Waals surface area contributed by atoms with Gasteiger partial charge in [0.05, 0.1) is 0 Å². The molecule has 2 aliphatic heterocycles. The molecule has 1 fully saturated rings. The third-order valence-corrected chi connectivity index (χ3v) is 6.47. The van der Waals surface area contributed by atoms with Crippen LogP contribution in [0.1, 0.15) is 26.3 Å². The largest absolute Gasteiger partial charge is 0.478 e. The maximum absolute atomic E-state index is 13.1. The number of carbonyl (C=O) groups is 5. The second-order valence-electron chi connectivity index (χ2n) is 8.11. The lowest BCUT2D eigenvalue weighted by atomic mass is 10.0. The lowest BCUT2D eigenvalue weighted by molar-refractivity contribution is -0.161. The zero-order valence-corrected chi connectivity index (χ0v) is 19.8. The highest BCUT2D eigenvalue weighted by molar-refractivity contribution is 8.00. The number of oxime groups is 1. The summed E-state index contributed by atoms with van der Waals surface area (Å²) in [6, 6.07) is 7.06. The first-order valence-corrected chi connectivity index (χ1v) is 11.4. The Morgan fingerprint density at radius 2 is 1.86 bits per heavy atom. The summed E-state index contributed by atoms with van der Waals surface area (Å²) in [5, 5.41) is 24.5. The van der Waals surface area contributed by atoms with E-state index in [1.165, 1.54) is 32.5 Å². The fraction of sp³-hybridized carbons (Fsp3) is 0.364. The molecule has 2 aliphatic rings. The van der Waals surface area contributed by atoms with Gasteiger partial charge in [0.2, 0.25) is 5.60 Å². The van der Waals surface area contributed by atoms with Crippen molar-refractivity contribution in [3.05, 3.63) is 47.2 Å². The predicted molar refractivity (Wildman–Crippen MR) is 122 cm³/mol. The summed E-state index contributed by atoms with van der Waals surface area (Å²) in [6.07, 6.45) is 0. The van der Waals surface area contributed by atoms with E-state index < -0.39 is 46.7 Å². The molecule has 0 aliphatic carbocycles. The van der Waals surface area contributed by atoms with Crippen molar-refractivity contribution in [1.29, 1.82) is 0 Å². The van der Waals surface area contributed by atoms with Crippen LogP contribution >= 0.6 is 11.8 Å². The molecule has 0 bridgehead atoms. The zero-order valence-electron chi connectivity index (χ0n) is 19.0. The molecule has 13 heteroatoms. The molecule has 0 spiro atoms. The number of benzene rings is 1. The van der Waals surface area contributed by atoms with E-state index in [1.807, 2.05) is 0 Å². The van der Waals surface area contributed by atoms with Crippen LogP contribution in [-0.2, 0) is 33.5 Å². The third-order valence-electron chi connectivity index (χ3n) is 5.13. The first kappa shape index (κ1) is 25.7. The van der Waals surface area contributed by atoms with Crippen LogP contribution in [0.5, 0.6) is 0 Å². The highest BCUT2D eigenvalue weighted by Crippen LogP contribution is 2.40. The number of amides is 2. The molecule has 3 rings (SSSR count). The number of carboxylic acids is 2. The highest BCUT2D eigenvalue weighted by Gasteiger charge is 2.54. The minimum atomic E-state index is -1.72. The molecule has 186 valence electrons. The normalized spacial score (nSPS) is 19.9. The van der Waals surface area contributed by atoms with Crippen molar-refractivity contribution in [2.24, 2.45) is 5.16 Å². The maximum atomic E-state index is 13.1. The number of esters is 1. The molecule has 12 nitrogen and oxygen atoms in total. The summed E-state index contributed by atoms with van der Waals surface area (Å²) in [7, 11) is 0. The molecule has 3 N–H and O–H groups in total. The van der Waals surface area contributed by atoms with Crippen LogP contribution in [0.2, 0.25) is 0 Å². The van der Waals surface area contributed by atoms with E-state index in [9.17, 15) is 34.2 Å². The standard InChI is InChI=1S/C22H23N3O9S/c1-11(26)33-9-13-10-35-19-15(18(28)25(19)16(13)20(29)30)23-17(27)14(12-7-5-4-6-8-12)24-34-22(2,3)21(31)32/h4-8,15,19H,9-10H2,1-3H3,(H,23,27)(H,29,30)(H,31,32)/t15-,19-/m1/s1. The van der Waals surface area contributed by atoms with Gasteiger partial charge in [0, 0.05) is 23.8 Å². The first-order valence-electron chi connectivity index (χ1n) is 10.3. The number of nitrogens with one attached hydrogen (secondary N) is 1. The lowest BCUT2D eigenvalue weighted by Gasteiger charge is -2.49. The van der Waals surface area contributed by atoms with Gasteiger partial charge < -0.3 is 25.1 Å². The Hall–Kier alpha value is -3.87. The minimum Gasteiger partial charge on any atom is -0.478 e. The van der Waals surface area contributed by atoms with Gasteiger partial charge in [-0.25, -0.2) is 9.59 Å². The lowest BCUT2D eigenvalue weighted by Crippen LogP contribution is -2.71. The van der Waals surface area contributed by atoms with Crippen LogP contribution in [0.3, 0.4) is 0 Å². The van der Waals surface area contributed by atoms with E-state index in [1.54, 1.807) is 30.3 Å². The van der Waals surface area contributed by atoms with Gasteiger partial charge in [0.1, 0.15) is 23.7 Å². The molecule has 0 radical (unpaired) electrons. The Labute approximate surface area is 203 Å². The molecule has 2 amide bonds. The number of β-lactam (4-membered cyclic amide) rings is 1. The van der Waals surface area contributed by atoms with E-state index in [2.05, 4.69) is 10.5 Å². The monoisotopic (exact) mass is 505 g/mol. The van der Waals surface area contributed by atoms with Crippen LogP contribution in [0.25, 0.3) is 0 Å². The molecule has 0 saturated carbocycles. The number of hydrogen-bond donors (Lipinski definition) is 3. The Morgan fingerprint density at radius 1 is 1.20 bits per heavy atom. The number of thioether (sulfide) groups is 1. The summed E-state index contributed by atoms with van der Waals surface area (Å²) >= 11 is 1.21. The van der Waals surface area contributed by atoms with Gasteiger partial charge in [-0.3, -0.25) is 19.3 Å². The van der Waals surface area contributed by atoms with E-state index in [4.69, 9.17) is 9.57 Å². The van der Waals surface area contributed by atoms with E-state index in [0.29, 0.717) is 5.56 Å². The highest BCUT2D eigenvalue weighted by atomic mass is 32.2. The van der Waals surface area contributed by atoms with Gasteiger partial charge >= 0.3 is 17.9 Å². The van der Waals surface area contributed by atoms with E-state index in [-0.39, 0.29) is 29.3 Å². The molecule has 0 aromatic heterocycles. The van der Waals surface area contributed by atoms with Crippen LogP contribution in [0, 0.1) is 0 Å².